The number of rotatable bonds is 0. The van der Waals surface area contributed by atoms with Crippen LogP contribution in [0.25, 0.3) is 10.8 Å². The van der Waals surface area contributed by atoms with Crippen LogP contribution < -0.4 is 5.73 Å². The van der Waals surface area contributed by atoms with Crippen molar-refractivity contribution >= 4 is 32.5 Å². The molecule has 0 saturated heterocycles. The van der Waals surface area contributed by atoms with Gasteiger partial charge in [-0.05, 0) is 18.2 Å². The molecule has 0 spiro atoms. The molecule has 0 radical (unpaired) electrons. The second kappa shape index (κ2) is 2.96. The molecule has 0 atom stereocenters. The summed E-state index contributed by atoms with van der Waals surface area (Å²) >= 11 is 3.19. The first-order valence-electron chi connectivity index (χ1n) is 3.68. The molecule has 1 aromatic heterocycles. The molecule has 2 aromatic rings. The molecule has 2 N–H and O–H groups in total. The fraction of sp³-hybridized carbons (Fsp3) is 0. The summed E-state index contributed by atoms with van der Waals surface area (Å²) in [5.41, 5.74) is 5.60. The number of fused-ring (bicyclic) bond motifs is 1. The lowest BCUT2D eigenvalue weighted by atomic mass is 10.1. The van der Waals surface area contributed by atoms with E-state index in [2.05, 4.69) is 20.9 Å². The van der Waals surface area contributed by atoms with Crippen molar-refractivity contribution in [2.24, 2.45) is 0 Å². The maximum absolute atomic E-state index is 13.3. The van der Waals surface area contributed by atoms with Crippen molar-refractivity contribution in [3.8, 4) is 0 Å². The highest BCUT2D eigenvalue weighted by Gasteiger charge is 2.04. The van der Waals surface area contributed by atoms with Gasteiger partial charge in [-0.3, -0.25) is 0 Å². The molecule has 13 heavy (non-hydrogen) atoms. The summed E-state index contributed by atoms with van der Waals surface area (Å²) < 4.78 is 14.0. The molecule has 2 nitrogen and oxygen atoms in total. The van der Waals surface area contributed by atoms with Crippen LogP contribution in [0.5, 0.6) is 0 Å². The molecule has 0 unspecified atom stereocenters. The third-order valence-corrected chi connectivity index (χ3v) is 2.28. The molecule has 0 bridgehead atoms. The topological polar surface area (TPSA) is 38.9 Å². The van der Waals surface area contributed by atoms with Gasteiger partial charge in [-0.15, -0.1) is 0 Å². The van der Waals surface area contributed by atoms with E-state index in [0.29, 0.717) is 21.1 Å². The van der Waals surface area contributed by atoms with Gasteiger partial charge in [-0.1, -0.05) is 15.9 Å². The molecule has 1 heterocycles. The van der Waals surface area contributed by atoms with Crippen LogP contribution in [0.2, 0.25) is 0 Å². The minimum atomic E-state index is -0.293. The van der Waals surface area contributed by atoms with E-state index in [1.807, 2.05) is 0 Å². The van der Waals surface area contributed by atoms with Crippen LogP contribution in [0, 0.1) is 5.82 Å². The first-order valence-corrected chi connectivity index (χ1v) is 4.47. The number of pyridine rings is 1. The Balaban J connectivity index is 2.94. The van der Waals surface area contributed by atoms with Gasteiger partial charge < -0.3 is 5.73 Å². The average molecular weight is 241 g/mol. The zero-order valence-corrected chi connectivity index (χ0v) is 8.18. The van der Waals surface area contributed by atoms with Crippen molar-refractivity contribution in [3.63, 3.8) is 0 Å². The van der Waals surface area contributed by atoms with Crippen LogP contribution in [0.1, 0.15) is 0 Å². The summed E-state index contributed by atoms with van der Waals surface area (Å²) in [6, 6.07) is 4.76. The van der Waals surface area contributed by atoms with E-state index >= 15 is 0 Å². The number of benzene rings is 1. The van der Waals surface area contributed by atoms with Gasteiger partial charge in [-0.25, -0.2) is 9.37 Å². The minimum absolute atomic E-state index is 0.293. The summed E-state index contributed by atoms with van der Waals surface area (Å²) in [6.45, 7) is 0. The second-order valence-electron chi connectivity index (χ2n) is 2.68. The SMILES string of the molecule is Nc1nccc2c(F)cc(Br)cc12. The third kappa shape index (κ3) is 1.37. The Labute approximate surface area is 82.7 Å². The average Bonchev–Trinajstić information content (AvgIpc) is 2.07. The van der Waals surface area contributed by atoms with E-state index in [9.17, 15) is 4.39 Å². The maximum Gasteiger partial charge on any atom is 0.132 e. The normalized spacial score (nSPS) is 10.6. The van der Waals surface area contributed by atoms with E-state index in [0.717, 1.165) is 0 Å². The van der Waals surface area contributed by atoms with Gasteiger partial charge in [0.15, 0.2) is 0 Å². The summed E-state index contributed by atoms with van der Waals surface area (Å²) in [6.07, 6.45) is 1.49. The van der Waals surface area contributed by atoms with Gasteiger partial charge in [0.05, 0.1) is 0 Å². The number of nitrogens with two attached hydrogens (primary N) is 1. The van der Waals surface area contributed by atoms with E-state index in [4.69, 9.17) is 5.73 Å². The zero-order valence-electron chi connectivity index (χ0n) is 6.59. The standard InChI is InChI=1S/C9H6BrFN2/c10-5-3-7-6(8(11)4-5)1-2-13-9(7)12/h1-4H,(H2,12,13). The molecule has 1 aromatic carbocycles. The van der Waals surface area contributed by atoms with Gasteiger partial charge in [0, 0.05) is 21.4 Å². The van der Waals surface area contributed by atoms with Crippen LogP contribution in [-0.4, -0.2) is 4.98 Å². The Hall–Kier alpha value is -1.16. The van der Waals surface area contributed by atoms with E-state index in [1.54, 1.807) is 12.1 Å². The number of hydrogen-bond acceptors (Lipinski definition) is 2. The van der Waals surface area contributed by atoms with Crippen molar-refractivity contribution in [1.82, 2.24) is 4.98 Å². The number of nitrogens with zero attached hydrogens (tertiary/aromatic N) is 1. The first kappa shape index (κ1) is 8.44. The second-order valence-corrected chi connectivity index (χ2v) is 3.59. The third-order valence-electron chi connectivity index (χ3n) is 1.83. The van der Waals surface area contributed by atoms with Gasteiger partial charge in [0.1, 0.15) is 11.6 Å². The number of nitrogen functional groups attached to an aromatic ring is 1. The molecule has 4 heteroatoms. The number of halogens is 2. The lowest BCUT2D eigenvalue weighted by Crippen LogP contribution is -1.92. The molecular weight excluding hydrogens is 235 g/mol. The van der Waals surface area contributed by atoms with Gasteiger partial charge in [0.25, 0.3) is 0 Å². The smallest absolute Gasteiger partial charge is 0.132 e. The summed E-state index contributed by atoms with van der Waals surface area (Å²) in [7, 11) is 0. The van der Waals surface area contributed by atoms with Crippen molar-refractivity contribution in [2.45, 2.75) is 0 Å². The first-order chi connectivity index (χ1) is 6.18. The Morgan fingerprint density at radius 1 is 1.31 bits per heavy atom. The van der Waals surface area contributed by atoms with Crippen molar-refractivity contribution in [3.05, 3.63) is 34.7 Å². The highest BCUT2D eigenvalue weighted by molar-refractivity contribution is 9.10. The fourth-order valence-corrected chi connectivity index (χ4v) is 1.66. The van der Waals surface area contributed by atoms with E-state index in [1.165, 1.54) is 12.3 Å². The van der Waals surface area contributed by atoms with Crippen LogP contribution in [0.4, 0.5) is 10.2 Å². The van der Waals surface area contributed by atoms with E-state index in [-0.39, 0.29) is 5.82 Å². The summed E-state index contributed by atoms with van der Waals surface area (Å²) in [5.74, 6) is 0.0520. The molecular formula is C9H6BrFN2. The molecule has 66 valence electrons. The number of anilines is 1. The van der Waals surface area contributed by atoms with Crippen molar-refractivity contribution < 1.29 is 4.39 Å². The van der Waals surface area contributed by atoms with Crippen LogP contribution >= 0.6 is 15.9 Å². The van der Waals surface area contributed by atoms with Crippen LogP contribution in [-0.2, 0) is 0 Å². The lowest BCUT2D eigenvalue weighted by molar-refractivity contribution is 0.639. The van der Waals surface area contributed by atoms with Gasteiger partial charge in [-0.2, -0.15) is 0 Å². The monoisotopic (exact) mass is 240 g/mol. The molecule has 0 saturated carbocycles. The highest BCUT2D eigenvalue weighted by Crippen LogP contribution is 2.25. The zero-order chi connectivity index (χ0) is 9.42. The van der Waals surface area contributed by atoms with E-state index < -0.39 is 0 Å². The molecule has 0 aliphatic rings. The lowest BCUT2D eigenvalue weighted by Gasteiger charge is -2.02. The molecule has 0 fully saturated rings. The molecule has 0 amide bonds. The van der Waals surface area contributed by atoms with Gasteiger partial charge >= 0.3 is 0 Å². The fourth-order valence-electron chi connectivity index (χ4n) is 1.23. The largest absolute Gasteiger partial charge is 0.383 e. The number of hydrogen-bond donors (Lipinski definition) is 1. The Kier molecular flexibility index (Phi) is 1.92. The Bertz CT molecular complexity index is 470. The summed E-state index contributed by atoms with van der Waals surface area (Å²) in [4.78, 5) is 3.88. The Morgan fingerprint density at radius 3 is 2.85 bits per heavy atom. The van der Waals surface area contributed by atoms with Crippen LogP contribution in [0.3, 0.4) is 0 Å². The molecule has 2 rings (SSSR count). The summed E-state index contributed by atoms with van der Waals surface area (Å²) in [5, 5.41) is 1.13. The highest BCUT2D eigenvalue weighted by atomic mass is 79.9. The maximum atomic E-state index is 13.3. The predicted octanol–water partition coefficient (Wildman–Crippen LogP) is 2.72. The molecule has 0 aliphatic carbocycles. The van der Waals surface area contributed by atoms with Gasteiger partial charge in [0.2, 0.25) is 0 Å². The van der Waals surface area contributed by atoms with Crippen molar-refractivity contribution in [1.29, 1.82) is 0 Å². The molecule has 0 aliphatic heterocycles. The predicted molar refractivity (Wildman–Crippen MR) is 53.8 cm³/mol. The minimum Gasteiger partial charge on any atom is -0.383 e. The number of aromatic nitrogens is 1. The van der Waals surface area contributed by atoms with Crippen LogP contribution in [0.15, 0.2) is 28.9 Å². The van der Waals surface area contributed by atoms with Crippen molar-refractivity contribution in [2.75, 3.05) is 5.73 Å². The Morgan fingerprint density at radius 2 is 2.08 bits per heavy atom. The quantitative estimate of drug-likeness (QED) is 0.770.